The number of benzene rings is 1. The Hall–Kier alpha value is -2.67. The minimum atomic E-state index is -0.676. The van der Waals surface area contributed by atoms with Gasteiger partial charge in [0, 0.05) is 16.3 Å². The highest BCUT2D eigenvalue weighted by Crippen LogP contribution is 2.31. The molecule has 1 aliphatic rings. The van der Waals surface area contributed by atoms with Crippen molar-refractivity contribution in [3.05, 3.63) is 65.3 Å². The number of nitrogens with one attached hydrogen (secondary N) is 2. The minimum Gasteiger partial charge on any atom is -0.467 e. The van der Waals surface area contributed by atoms with Crippen molar-refractivity contribution in [3.8, 4) is 0 Å². The van der Waals surface area contributed by atoms with Crippen molar-refractivity contribution in [1.82, 2.24) is 10.6 Å². The predicted molar refractivity (Wildman–Crippen MR) is 98.7 cm³/mol. The number of rotatable bonds is 6. The van der Waals surface area contributed by atoms with Crippen molar-refractivity contribution in [2.75, 3.05) is 12.4 Å². The summed E-state index contributed by atoms with van der Waals surface area (Å²) in [6, 6.07) is 10.4. The highest BCUT2D eigenvalue weighted by molar-refractivity contribution is 7.99. The predicted octanol–water partition coefficient (Wildman–Crippen LogP) is 3.55. The monoisotopic (exact) mass is 372 g/mol. The van der Waals surface area contributed by atoms with Gasteiger partial charge in [-0.15, -0.1) is 11.8 Å². The van der Waals surface area contributed by atoms with Gasteiger partial charge in [-0.3, -0.25) is 0 Å². The molecule has 136 valence electrons. The number of amides is 2. The molecule has 2 aromatic rings. The number of furan rings is 1. The Morgan fingerprint density at radius 2 is 2.08 bits per heavy atom. The van der Waals surface area contributed by atoms with E-state index in [9.17, 15) is 9.59 Å². The summed E-state index contributed by atoms with van der Waals surface area (Å²) in [6.45, 7) is 4.02. The van der Waals surface area contributed by atoms with Gasteiger partial charge < -0.3 is 19.8 Å². The topological polar surface area (TPSA) is 80.6 Å². The third-order valence-corrected chi connectivity index (χ3v) is 5.14. The SMILES string of the molecule is CCOC(=O)C1=C(CSc2ccccc2C)NC(=O)NC1c1ccco1. The molecule has 1 aromatic heterocycles. The lowest BCUT2D eigenvalue weighted by atomic mass is 10.0. The molecule has 0 bridgehead atoms. The van der Waals surface area contributed by atoms with Crippen LogP contribution in [-0.4, -0.2) is 24.4 Å². The number of carbonyl (C=O) groups excluding carboxylic acids is 2. The molecule has 0 radical (unpaired) electrons. The first-order valence-electron chi connectivity index (χ1n) is 8.29. The molecule has 0 aliphatic carbocycles. The number of ether oxygens (including phenoxy) is 1. The summed E-state index contributed by atoms with van der Waals surface area (Å²) >= 11 is 1.56. The van der Waals surface area contributed by atoms with Gasteiger partial charge in [0.05, 0.1) is 18.4 Å². The van der Waals surface area contributed by atoms with Gasteiger partial charge in [-0.1, -0.05) is 18.2 Å². The van der Waals surface area contributed by atoms with Gasteiger partial charge in [-0.05, 0) is 37.6 Å². The Labute approximate surface area is 156 Å². The Bertz CT molecular complexity index is 830. The van der Waals surface area contributed by atoms with Crippen molar-refractivity contribution in [2.24, 2.45) is 0 Å². The Morgan fingerprint density at radius 1 is 1.27 bits per heavy atom. The Kier molecular flexibility index (Phi) is 5.68. The highest BCUT2D eigenvalue weighted by atomic mass is 32.2. The van der Waals surface area contributed by atoms with Crippen molar-refractivity contribution in [1.29, 1.82) is 0 Å². The van der Waals surface area contributed by atoms with Gasteiger partial charge in [-0.25, -0.2) is 9.59 Å². The normalized spacial score (nSPS) is 16.8. The summed E-state index contributed by atoms with van der Waals surface area (Å²) in [4.78, 5) is 25.8. The number of hydrogen-bond acceptors (Lipinski definition) is 5. The molecule has 7 heteroatoms. The van der Waals surface area contributed by atoms with Crippen LogP contribution in [0.15, 0.2) is 63.2 Å². The molecule has 0 spiro atoms. The van der Waals surface area contributed by atoms with E-state index in [0.29, 0.717) is 22.8 Å². The lowest BCUT2D eigenvalue weighted by Gasteiger charge is -2.27. The number of carbonyl (C=O) groups is 2. The van der Waals surface area contributed by atoms with E-state index >= 15 is 0 Å². The van der Waals surface area contributed by atoms with Gasteiger partial charge in [0.15, 0.2) is 0 Å². The third-order valence-electron chi connectivity index (χ3n) is 3.94. The summed E-state index contributed by atoms with van der Waals surface area (Å²) in [7, 11) is 0. The van der Waals surface area contributed by atoms with E-state index in [1.807, 2.05) is 31.2 Å². The van der Waals surface area contributed by atoms with Crippen molar-refractivity contribution in [3.63, 3.8) is 0 Å². The molecule has 0 saturated heterocycles. The van der Waals surface area contributed by atoms with Gasteiger partial charge in [0.25, 0.3) is 0 Å². The van der Waals surface area contributed by atoms with Gasteiger partial charge >= 0.3 is 12.0 Å². The summed E-state index contributed by atoms with van der Waals surface area (Å²) in [5, 5.41) is 5.49. The maximum Gasteiger partial charge on any atom is 0.338 e. The fraction of sp³-hybridized carbons (Fsp3) is 0.263. The maximum atomic E-state index is 12.6. The number of urea groups is 1. The second kappa shape index (κ2) is 8.14. The second-order valence-corrected chi connectivity index (χ2v) is 6.73. The number of hydrogen-bond donors (Lipinski definition) is 2. The number of thioether (sulfide) groups is 1. The van der Waals surface area contributed by atoms with Gasteiger partial charge in [-0.2, -0.15) is 0 Å². The van der Waals surface area contributed by atoms with Crippen LogP contribution in [0.1, 0.15) is 24.3 Å². The quantitative estimate of drug-likeness (QED) is 0.599. The molecule has 1 atom stereocenters. The van der Waals surface area contributed by atoms with Crippen LogP contribution in [0, 0.1) is 6.92 Å². The zero-order valence-corrected chi connectivity index (χ0v) is 15.4. The number of aryl methyl sites for hydroxylation is 1. The molecule has 1 unspecified atom stereocenters. The molecule has 2 heterocycles. The van der Waals surface area contributed by atoms with E-state index in [1.54, 1.807) is 30.8 Å². The first-order chi connectivity index (χ1) is 12.6. The lowest BCUT2D eigenvalue weighted by molar-refractivity contribution is -0.139. The third kappa shape index (κ3) is 3.94. The second-order valence-electron chi connectivity index (χ2n) is 5.71. The van der Waals surface area contributed by atoms with Crippen molar-refractivity contribution >= 4 is 23.8 Å². The van der Waals surface area contributed by atoms with Crippen LogP contribution < -0.4 is 10.6 Å². The van der Waals surface area contributed by atoms with Crippen molar-refractivity contribution in [2.45, 2.75) is 24.8 Å². The summed E-state index contributed by atoms with van der Waals surface area (Å²) in [6.07, 6.45) is 1.51. The maximum absolute atomic E-state index is 12.6. The van der Waals surface area contributed by atoms with Crippen molar-refractivity contribution < 1.29 is 18.7 Å². The Morgan fingerprint density at radius 3 is 2.77 bits per heavy atom. The zero-order chi connectivity index (χ0) is 18.5. The molecule has 1 aromatic carbocycles. The number of esters is 1. The van der Waals surface area contributed by atoms with Crippen LogP contribution in [-0.2, 0) is 9.53 Å². The Balaban J connectivity index is 1.94. The molecular formula is C19H20N2O4S. The molecule has 3 rings (SSSR count). The molecule has 26 heavy (non-hydrogen) atoms. The van der Waals surface area contributed by atoms with E-state index in [4.69, 9.17) is 9.15 Å². The zero-order valence-electron chi connectivity index (χ0n) is 14.6. The molecule has 6 nitrogen and oxygen atoms in total. The fourth-order valence-corrected chi connectivity index (χ4v) is 3.72. The summed E-state index contributed by atoms with van der Waals surface area (Å²) in [5.74, 6) is 0.451. The van der Waals surface area contributed by atoms with Crippen LogP contribution >= 0.6 is 11.8 Å². The van der Waals surface area contributed by atoms with Crippen LogP contribution in [0.3, 0.4) is 0 Å². The first kappa shape index (κ1) is 18.1. The average Bonchev–Trinajstić information content (AvgIpc) is 3.15. The van der Waals surface area contributed by atoms with Crippen LogP contribution in [0.25, 0.3) is 0 Å². The van der Waals surface area contributed by atoms with E-state index in [0.717, 1.165) is 10.5 Å². The largest absolute Gasteiger partial charge is 0.467 e. The lowest BCUT2D eigenvalue weighted by Crippen LogP contribution is -2.46. The molecule has 1 aliphatic heterocycles. The summed E-state index contributed by atoms with van der Waals surface area (Å²) in [5.41, 5.74) is 2.03. The van der Waals surface area contributed by atoms with E-state index in [1.165, 1.54) is 6.26 Å². The van der Waals surface area contributed by atoms with Crippen LogP contribution in [0.2, 0.25) is 0 Å². The van der Waals surface area contributed by atoms with Crippen LogP contribution in [0.4, 0.5) is 4.79 Å². The molecule has 0 saturated carbocycles. The van der Waals surface area contributed by atoms with E-state index in [-0.39, 0.29) is 12.6 Å². The summed E-state index contributed by atoms with van der Waals surface area (Å²) < 4.78 is 10.6. The smallest absolute Gasteiger partial charge is 0.338 e. The molecule has 2 N–H and O–H groups in total. The average molecular weight is 372 g/mol. The minimum absolute atomic E-state index is 0.249. The fourth-order valence-electron chi connectivity index (χ4n) is 2.72. The van der Waals surface area contributed by atoms with Gasteiger partial charge in [0.1, 0.15) is 11.8 Å². The molecule has 0 fully saturated rings. The highest BCUT2D eigenvalue weighted by Gasteiger charge is 2.35. The molecular weight excluding hydrogens is 352 g/mol. The van der Waals surface area contributed by atoms with Crippen LogP contribution in [0.5, 0.6) is 0 Å². The van der Waals surface area contributed by atoms with E-state index in [2.05, 4.69) is 10.6 Å². The first-order valence-corrected chi connectivity index (χ1v) is 9.28. The van der Waals surface area contributed by atoms with Gasteiger partial charge in [0.2, 0.25) is 0 Å². The molecule has 2 amide bonds. The standard InChI is InChI=1S/C19H20N2O4S/c1-3-24-18(22)16-13(11-26-15-9-5-4-7-12(15)2)20-19(23)21-17(16)14-8-6-10-25-14/h4-10,17H,3,11H2,1-2H3,(H2,20,21,23). The van der Waals surface area contributed by atoms with E-state index < -0.39 is 12.0 Å².